The Labute approximate surface area is 97.4 Å². The van der Waals surface area contributed by atoms with Crippen molar-refractivity contribution in [1.82, 2.24) is 0 Å². The number of esters is 1. The van der Waals surface area contributed by atoms with Gasteiger partial charge in [0.1, 0.15) is 0 Å². The molecule has 0 aromatic rings. The van der Waals surface area contributed by atoms with Crippen molar-refractivity contribution in [2.45, 2.75) is 58.3 Å². The third-order valence-corrected chi connectivity index (χ3v) is 3.28. The Morgan fingerprint density at radius 2 is 1.93 bits per heavy atom. The SMILES string of the molecule is CCCCCCCCC1CC(=O)OC1=S. The highest BCUT2D eigenvalue weighted by atomic mass is 32.1. The molecule has 1 rings (SSSR count). The number of hydrogen-bond acceptors (Lipinski definition) is 3. The minimum atomic E-state index is -0.143. The van der Waals surface area contributed by atoms with E-state index >= 15 is 0 Å². The van der Waals surface area contributed by atoms with Crippen LogP contribution in [0.4, 0.5) is 0 Å². The molecule has 1 atom stereocenters. The summed E-state index contributed by atoms with van der Waals surface area (Å²) in [4.78, 5) is 10.9. The number of carbonyl (C=O) groups excluding carboxylic acids is 1. The van der Waals surface area contributed by atoms with Crippen LogP contribution in [0.5, 0.6) is 0 Å². The van der Waals surface area contributed by atoms with E-state index < -0.39 is 0 Å². The predicted octanol–water partition coefficient (Wildman–Crippen LogP) is 3.63. The van der Waals surface area contributed by atoms with Gasteiger partial charge in [-0.2, -0.15) is 0 Å². The number of hydrogen-bond donors (Lipinski definition) is 0. The van der Waals surface area contributed by atoms with Crippen LogP contribution in [0.3, 0.4) is 0 Å². The third-order valence-electron chi connectivity index (χ3n) is 2.87. The normalized spacial score (nSPS) is 20.7. The Balaban J connectivity index is 2.00. The quantitative estimate of drug-likeness (QED) is 0.378. The van der Waals surface area contributed by atoms with E-state index in [1.54, 1.807) is 0 Å². The van der Waals surface area contributed by atoms with Crippen molar-refractivity contribution in [1.29, 1.82) is 0 Å². The van der Waals surface area contributed by atoms with Crippen LogP contribution in [0, 0.1) is 5.92 Å². The average molecular weight is 228 g/mol. The molecule has 0 spiro atoms. The molecule has 1 unspecified atom stereocenters. The molecule has 86 valence electrons. The standard InChI is InChI=1S/C12H20O2S/c1-2-3-4-5-6-7-8-10-9-11(13)14-12(10)15/h10H,2-9H2,1H3. The molecule has 3 heteroatoms. The monoisotopic (exact) mass is 228 g/mol. The molecule has 1 heterocycles. The van der Waals surface area contributed by atoms with Crippen LogP contribution in [0.1, 0.15) is 58.3 Å². The Hall–Kier alpha value is -0.440. The van der Waals surface area contributed by atoms with E-state index in [0.717, 1.165) is 6.42 Å². The molecule has 1 aliphatic rings. The van der Waals surface area contributed by atoms with Gasteiger partial charge in [-0.05, 0) is 18.6 Å². The van der Waals surface area contributed by atoms with Crippen LogP contribution in [0.2, 0.25) is 0 Å². The number of cyclic esters (lactones) is 1. The lowest BCUT2D eigenvalue weighted by Gasteiger charge is -2.05. The zero-order valence-corrected chi connectivity index (χ0v) is 10.3. The van der Waals surface area contributed by atoms with Crippen molar-refractivity contribution in [3.8, 4) is 0 Å². The molecule has 2 nitrogen and oxygen atoms in total. The summed E-state index contributed by atoms with van der Waals surface area (Å²) in [6, 6.07) is 0. The Kier molecular flexibility index (Phi) is 5.84. The van der Waals surface area contributed by atoms with E-state index in [9.17, 15) is 4.79 Å². The van der Waals surface area contributed by atoms with Crippen molar-refractivity contribution in [2.24, 2.45) is 5.92 Å². The van der Waals surface area contributed by atoms with Gasteiger partial charge in [0, 0.05) is 5.92 Å². The number of unbranched alkanes of at least 4 members (excludes halogenated alkanes) is 5. The van der Waals surface area contributed by atoms with Crippen LogP contribution in [0.25, 0.3) is 0 Å². The smallest absolute Gasteiger partial charge is 0.312 e. The largest absolute Gasteiger partial charge is 0.419 e. The summed E-state index contributed by atoms with van der Waals surface area (Å²) in [5.74, 6) is 0.0784. The van der Waals surface area contributed by atoms with Gasteiger partial charge in [0.15, 0.2) is 5.05 Å². The highest BCUT2D eigenvalue weighted by molar-refractivity contribution is 7.80. The van der Waals surface area contributed by atoms with Crippen LogP contribution in [-0.4, -0.2) is 11.0 Å². The molecule has 0 aromatic heterocycles. The van der Waals surface area contributed by atoms with Crippen LogP contribution in [-0.2, 0) is 9.53 Å². The zero-order chi connectivity index (χ0) is 11.1. The maximum absolute atomic E-state index is 10.9. The fourth-order valence-electron chi connectivity index (χ4n) is 1.91. The second-order valence-electron chi connectivity index (χ2n) is 4.25. The molecule has 0 aromatic carbocycles. The van der Waals surface area contributed by atoms with Crippen molar-refractivity contribution in [3.63, 3.8) is 0 Å². The van der Waals surface area contributed by atoms with Gasteiger partial charge in [0.05, 0.1) is 6.42 Å². The Morgan fingerprint density at radius 3 is 2.53 bits per heavy atom. The van der Waals surface area contributed by atoms with Crippen molar-refractivity contribution in [2.75, 3.05) is 0 Å². The highest BCUT2D eigenvalue weighted by Gasteiger charge is 2.28. The van der Waals surface area contributed by atoms with Crippen molar-refractivity contribution in [3.05, 3.63) is 0 Å². The van der Waals surface area contributed by atoms with E-state index in [1.807, 2.05) is 0 Å². The summed E-state index contributed by atoms with van der Waals surface area (Å²) < 4.78 is 4.86. The van der Waals surface area contributed by atoms with E-state index in [2.05, 4.69) is 6.92 Å². The Bertz CT molecular complexity index is 226. The molecular weight excluding hydrogens is 208 g/mol. The van der Waals surface area contributed by atoms with E-state index in [1.165, 1.54) is 38.5 Å². The van der Waals surface area contributed by atoms with Crippen LogP contribution < -0.4 is 0 Å². The van der Waals surface area contributed by atoms with E-state index in [-0.39, 0.29) is 11.9 Å². The number of ether oxygens (including phenoxy) is 1. The molecule has 0 aliphatic carbocycles. The fourth-order valence-corrected chi connectivity index (χ4v) is 2.21. The summed E-state index contributed by atoms with van der Waals surface area (Å²) in [5, 5.41) is 0.522. The topological polar surface area (TPSA) is 26.3 Å². The van der Waals surface area contributed by atoms with E-state index in [4.69, 9.17) is 17.0 Å². The Morgan fingerprint density at radius 1 is 1.27 bits per heavy atom. The summed E-state index contributed by atoms with van der Waals surface area (Å²) in [6.45, 7) is 2.22. The molecule has 0 N–H and O–H groups in total. The average Bonchev–Trinajstić information content (AvgIpc) is 2.51. The lowest BCUT2D eigenvalue weighted by molar-refractivity contribution is -0.133. The summed E-state index contributed by atoms with van der Waals surface area (Å²) in [6.07, 6.45) is 9.23. The minimum Gasteiger partial charge on any atom is -0.419 e. The number of thiocarbonyl (C=S) groups is 1. The molecule has 0 radical (unpaired) electrons. The predicted molar refractivity (Wildman–Crippen MR) is 64.8 cm³/mol. The van der Waals surface area contributed by atoms with Gasteiger partial charge in [-0.3, -0.25) is 4.79 Å². The van der Waals surface area contributed by atoms with Crippen LogP contribution in [0.15, 0.2) is 0 Å². The molecule has 1 aliphatic heterocycles. The van der Waals surface area contributed by atoms with E-state index in [0.29, 0.717) is 11.5 Å². The lowest BCUT2D eigenvalue weighted by Crippen LogP contribution is -2.04. The molecule has 15 heavy (non-hydrogen) atoms. The summed E-state index contributed by atoms with van der Waals surface area (Å²) >= 11 is 4.99. The fraction of sp³-hybridized carbons (Fsp3) is 0.833. The minimum absolute atomic E-state index is 0.143. The first kappa shape index (κ1) is 12.6. The maximum atomic E-state index is 10.9. The first-order valence-corrected chi connectivity index (χ1v) is 6.39. The first-order chi connectivity index (χ1) is 7.24. The summed E-state index contributed by atoms with van der Waals surface area (Å²) in [7, 11) is 0. The number of carbonyl (C=O) groups is 1. The van der Waals surface area contributed by atoms with Gasteiger partial charge in [-0.25, -0.2) is 0 Å². The molecule has 1 saturated heterocycles. The number of rotatable bonds is 7. The highest BCUT2D eigenvalue weighted by Crippen LogP contribution is 2.23. The molecule has 0 saturated carbocycles. The van der Waals surface area contributed by atoms with Gasteiger partial charge < -0.3 is 4.74 Å². The second-order valence-corrected chi connectivity index (χ2v) is 4.65. The van der Waals surface area contributed by atoms with Gasteiger partial charge in [0.25, 0.3) is 0 Å². The van der Waals surface area contributed by atoms with Crippen molar-refractivity contribution >= 4 is 23.2 Å². The van der Waals surface area contributed by atoms with Gasteiger partial charge in [0.2, 0.25) is 0 Å². The van der Waals surface area contributed by atoms with Gasteiger partial charge in [-0.1, -0.05) is 45.4 Å². The van der Waals surface area contributed by atoms with Gasteiger partial charge in [-0.15, -0.1) is 0 Å². The zero-order valence-electron chi connectivity index (χ0n) is 9.46. The van der Waals surface area contributed by atoms with Gasteiger partial charge >= 0.3 is 5.97 Å². The molecule has 0 bridgehead atoms. The molecule has 0 amide bonds. The third kappa shape index (κ3) is 4.74. The molecule has 1 fully saturated rings. The van der Waals surface area contributed by atoms with Crippen LogP contribution >= 0.6 is 12.2 Å². The maximum Gasteiger partial charge on any atom is 0.312 e. The lowest BCUT2D eigenvalue weighted by atomic mass is 9.99. The second kappa shape index (κ2) is 6.94. The molecular formula is C12H20O2S. The van der Waals surface area contributed by atoms with Crippen molar-refractivity contribution < 1.29 is 9.53 Å². The summed E-state index contributed by atoms with van der Waals surface area (Å²) in [5.41, 5.74) is 0. The first-order valence-electron chi connectivity index (χ1n) is 5.98.